The first-order valence-corrected chi connectivity index (χ1v) is 4.64. The van der Waals surface area contributed by atoms with Crippen LogP contribution in [0.15, 0.2) is 18.3 Å². The molecular weight excluding hydrogens is 192 g/mol. The van der Waals surface area contributed by atoms with Crippen LogP contribution in [0.1, 0.15) is 18.5 Å². The zero-order valence-electron chi connectivity index (χ0n) is 8.36. The molecule has 4 heteroatoms. The van der Waals surface area contributed by atoms with E-state index in [0.717, 1.165) is 0 Å². The van der Waals surface area contributed by atoms with Gasteiger partial charge in [0.1, 0.15) is 22.6 Å². The number of pyridine rings is 1. The second kappa shape index (κ2) is 3.35. The summed E-state index contributed by atoms with van der Waals surface area (Å²) in [5, 5.41) is 9.13. The van der Waals surface area contributed by atoms with Crippen LogP contribution >= 0.6 is 0 Å². The van der Waals surface area contributed by atoms with E-state index in [0.29, 0.717) is 11.4 Å². The number of carbonyl (C=O) groups excluding carboxylic acids is 1. The van der Waals surface area contributed by atoms with Gasteiger partial charge in [0, 0.05) is 19.0 Å². The second-order valence-corrected chi connectivity index (χ2v) is 3.64. The molecule has 1 aromatic heterocycles. The minimum atomic E-state index is -0.760. The lowest BCUT2D eigenvalue weighted by molar-refractivity contribution is -0.126. The number of ether oxygens (including phenoxy) is 1. The molecule has 1 saturated carbocycles. The predicted molar refractivity (Wildman–Crippen MR) is 52.3 cm³/mol. The van der Waals surface area contributed by atoms with Gasteiger partial charge < -0.3 is 4.74 Å². The summed E-state index contributed by atoms with van der Waals surface area (Å²) in [7, 11) is 1.53. The van der Waals surface area contributed by atoms with Gasteiger partial charge in [0.2, 0.25) is 0 Å². The maximum absolute atomic E-state index is 11.0. The van der Waals surface area contributed by atoms with Crippen molar-refractivity contribution in [2.75, 3.05) is 7.11 Å². The van der Waals surface area contributed by atoms with Gasteiger partial charge in [0.05, 0.1) is 13.2 Å². The van der Waals surface area contributed by atoms with Crippen LogP contribution in [-0.2, 0) is 10.2 Å². The molecule has 0 aromatic carbocycles. The van der Waals surface area contributed by atoms with Gasteiger partial charge in [-0.2, -0.15) is 5.26 Å². The van der Waals surface area contributed by atoms with Crippen molar-refractivity contribution in [3.05, 3.63) is 24.0 Å². The van der Waals surface area contributed by atoms with Crippen LogP contribution in [0.5, 0.6) is 5.75 Å². The van der Waals surface area contributed by atoms with Gasteiger partial charge >= 0.3 is 0 Å². The molecule has 76 valence electrons. The summed E-state index contributed by atoms with van der Waals surface area (Å²) in [6.45, 7) is 0. The number of ketones is 1. The number of aromatic nitrogens is 1. The van der Waals surface area contributed by atoms with E-state index in [2.05, 4.69) is 11.1 Å². The highest BCUT2D eigenvalue weighted by Crippen LogP contribution is 2.43. The molecule has 0 radical (unpaired) electrons. The Bertz CT molecular complexity index is 440. The largest absolute Gasteiger partial charge is 0.495 e. The molecule has 0 aliphatic heterocycles. The highest BCUT2D eigenvalue weighted by atomic mass is 16.5. The molecule has 0 amide bonds. The third kappa shape index (κ3) is 1.37. The first-order valence-electron chi connectivity index (χ1n) is 4.64. The Kier molecular flexibility index (Phi) is 2.16. The lowest BCUT2D eigenvalue weighted by Gasteiger charge is -2.33. The van der Waals surface area contributed by atoms with Gasteiger partial charge in [0.15, 0.2) is 0 Å². The monoisotopic (exact) mass is 202 g/mol. The van der Waals surface area contributed by atoms with Crippen LogP contribution in [0.4, 0.5) is 0 Å². The summed E-state index contributed by atoms with van der Waals surface area (Å²) in [5.41, 5.74) is -0.182. The average Bonchev–Trinajstić information content (AvgIpc) is 2.24. The lowest BCUT2D eigenvalue weighted by Crippen LogP contribution is -2.41. The molecule has 0 spiro atoms. The van der Waals surface area contributed by atoms with E-state index in [9.17, 15) is 4.79 Å². The molecule has 2 rings (SSSR count). The Morgan fingerprint density at radius 2 is 2.33 bits per heavy atom. The SMILES string of the molecule is COc1cccnc1C1(C#N)CC(=O)C1. The Labute approximate surface area is 87.5 Å². The number of hydrogen-bond donors (Lipinski definition) is 0. The van der Waals surface area contributed by atoms with Crippen molar-refractivity contribution >= 4 is 5.78 Å². The van der Waals surface area contributed by atoms with Crippen LogP contribution in [0.2, 0.25) is 0 Å². The van der Waals surface area contributed by atoms with Gasteiger partial charge in [0.25, 0.3) is 0 Å². The highest BCUT2D eigenvalue weighted by molar-refractivity contribution is 5.90. The van der Waals surface area contributed by atoms with Crippen molar-refractivity contribution < 1.29 is 9.53 Å². The van der Waals surface area contributed by atoms with Crippen LogP contribution in [0.25, 0.3) is 0 Å². The zero-order valence-corrected chi connectivity index (χ0v) is 8.36. The maximum atomic E-state index is 11.0. The standard InChI is InChI=1S/C11H10N2O2/c1-15-9-3-2-4-13-10(9)11(7-12)5-8(14)6-11/h2-4H,5-6H2,1H3. The third-order valence-corrected chi connectivity index (χ3v) is 2.66. The smallest absolute Gasteiger partial charge is 0.142 e. The van der Waals surface area contributed by atoms with Gasteiger partial charge in [-0.15, -0.1) is 0 Å². The minimum Gasteiger partial charge on any atom is -0.495 e. The quantitative estimate of drug-likeness (QED) is 0.723. The number of Topliss-reactive ketones (excluding diaryl/α,β-unsaturated/α-hetero) is 1. The van der Waals surface area contributed by atoms with E-state index < -0.39 is 5.41 Å². The number of nitriles is 1. The van der Waals surface area contributed by atoms with E-state index in [1.807, 2.05) is 0 Å². The van der Waals surface area contributed by atoms with Crippen LogP contribution < -0.4 is 4.74 Å². The van der Waals surface area contributed by atoms with Crippen LogP contribution in [-0.4, -0.2) is 17.9 Å². The van der Waals surface area contributed by atoms with Crippen LogP contribution in [0.3, 0.4) is 0 Å². The molecule has 1 heterocycles. The molecule has 0 saturated heterocycles. The van der Waals surface area contributed by atoms with Crippen molar-refractivity contribution in [3.63, 3.8) is 0 Å². The Balaban J connectivity index is 2.45. The number of hydrogen-bond acceptors (Lipinski definition) is 4. The molecule has 1 aliphatic rings. The fourth-order valence-corrected chi connectivity index (χ4v) is 1.84. The Morgan fingerprint density at radius 1 is 1.60 bits per heavy atom. The topological polar surface area (TPSA) is 63.0 Å². The van der Waals surface area contributed by atoms with Gasteiger partial charge in [-0.1, -0.05) is 0 Å². The van der Waals surface area contributed by atoms with E-state index in [-0.39, 0.29) is 18.6 Å². The number of carbonyl (C=O) groups is 1. The molecule has 0 bridgehead atoms. The molecule has 1 aromatic rings. The first kappa shape index (κ1) is 9.66. The molecule has 0 N–H and O–H groups in total. The normalized spacial score (nSPS) is 17.7. The highest BCUT2D eigenvalue weighted by Gasteiger charge is 2.48. The summed E-state index contributed by atoms with van der Waals surface area (Å²) >= 11 is 0. The zero-order chi connectivity index (χ0) is 10.9. The first-order chi connectivity index (χ1) is 7.22. The van der Waals surface area contributed by atoms with Crippen molar-refractivity contribution in [2.45, 2.75) is 18.3 Å². The van der Waals surface area contributed by atoms with E-state index in [4.69, 9.17) is 10.00 Å². The molecule has 1 aliphatic carbocycles. The summed E-state index contributed by atoms with van der Waals surface area (Å²) in [4.78, 5) is 15.2. The van der Waals surface area contributed by atoms with Crippen molar-refractivity contribution in [2.24, 2.45) is 0 Å². The summed E-state index contributed by atoms with van der Waals surface area (Å²) in [6.07, 6.45) is 2.10. The Morgan fingerprint density at radius 3 is 2.87 bits per heavy atom. The fourth-order valence-electron chi connectivity index (χ4n) is 1.84. The van der Waals surface area contributed by atoms with E-state index in [1.54, 1.807) is 18.3 Å². The molecular formula is C11H10N2O2. The van der Waals surface area contributed by atoms with Crippen molar-refractivity contribution in [3.8, 4) is 11.8 Å². The van der Waals surface area contributed by atoms with Gasteiger partial charge in [-0.05, 0) is 12.1 Å². The van der Waals surface area contributed by atoms with Crippen molar-refractivity contribution in [1.29, 1.82) is 5.26 Å². The van der Waals surface area contributed by atoms with E-state index >= 15 is 0 Å². The summed E-state index contributed by atoms with van der Waals surface area (Å²) in [6, 6.07) is 5.67. The van der Waals surface area contributed by atoms with Gasteiger partial charge in [-0.3, -0.25) is 9.78 Å². The lowest BCUT2D eigenvalue weighted by atomic mass is 9.66. The minimum absolute atomic E-state index is 0.101. The summed E-state index contributed by atoms with van der Waals surface area (Å²) in [5.74, 6) is 0.677. The number of nitrogens with zero attached hydrogens (tertiary/aromatic N) is 2. The van der Waals surface area contributed by atoms with E-state index in [1.165, 1.54) is 7.11 Å². The fraction of sp³-hybridized carbons (Fsp3) is 0.364. The number of rotatable bonds is 2. The second-order valence-electron chi connectivity index (χ2n) is 3.64. The molecule has 0 unspecified atom stereocenters. The molecule has 0 atom stereocenters. The Hall–Kier alpha value is -1.89. The predicted octanol–water partition coefficient (Wildman–Crippen LogP) is 1.21. The summed E-state index contributed by atoms with van der Waals surface area (Å²) < 4.78 is 5.14. The third-order valence-electron chi connectivity index (χ3n) is 2.66. The van der Waals surface area contributed by atoms with Crippen LogP contribution in [0, 0.1) is 11.3 Å². The van der Waals surface area contributed by atoms with Crippen molar-refractivity contribution in [1.82, 2.24) is 4.98 Å². The molecule has 4 nitrogen and oxygen atoms in total. The maximum Gasteiger partial charge on any atom is 0.142 e. The molecule has 15 heavy (non-hydrogen) atoms. The van der Waals surface area contributed by atoms with Gasteiger partial charge in [-0.25, -0.2) is 0 Å². The molecule has 1 fully saturated rings. The average molecular weight is 202 g/mol. The number of methoxy groups -OCH3 is 1.